The molecule has 3 heterocycles. The Balaban J connectivity index is 1.39. The van der Waals surface area contributed by atoms with E-state index in [4.69, 9.17) is 9.47 Å². The van der Waals surface area contributed by atoms with E-state index in [2.05, 4.69) is 10.6 Å². The normalized spacial score (nSPS) is 25.3. The second-order valence-corrected chi connectivity index (χ2v) is 6.77. The number of fused-ring (bicyclic) bond motifs is 1. The van der Waals surface area contributed by atoms with E-state index in [1.165, 1.54) is 0 Å². The first-order valence-electron chi connectivity index (χ1n) is 8.92. The maximum atomic E-state index is 12.4. The fourth-order valence-corrected chi connectivity index (χ4v) is 3.63. The molecule has 0 bridgehead atoms. The summed E-state index contributed by atoms with van der Waals surface area (Å²) in [4.78, 5) is 26.4. The van der Waals surface area contributed by atoms with Gasteiger partial charge in [0.25, 0.3) is 0 Å². The van der Waals surface area contributed by atoms with Gasteiger partial charge in [0.05, 0.1) is 5.92 Å². The monoisotopic (exact) mass is 345 g/mol. The summed E-state index contributed by atoms with van der Waals surface area (Å²) in [5.74, 6) is 0.969. The van der Waals surface area contributed by atoms with Crippen molar-refractivity contribution >= 4 is 17.5 Å². The van der Waals surface area contributed by atoms with Crippen molar-refractivity contribution in [2.45, 2.75) is 25.3 Å². The predicted octanol–water partition coefficient (Wildman–Crippen LogP) is 0.679. The number of hydrogen-bond donors (Lipinski definition) is 2. The highest BCUT2D eigenvalue weighted by atomic mass is 16.6. The van der Waals surface area contributed by atoms with Gasteiger partial charge in [-0.2, -0.15) is 0 Å². The number of anilines is 1. The van der Waals surface area contributed by atoms with Crippen LogP contribution in [-0.4, -0.2) is 50.7 Å². The van der Waals surface area contributed by atoms with Crippen LogP contribution in [0.25, 0.3) is 0 Å². The van der Waals surface area contributed by atoms with Gasteiger partial charge >= 0.3 is 0 Å². The number of carbonyl (C=O) groups excluding carboxylic acids is 2. The molecule has 7 nitrogen and oxygen atoms in total. The summed E-state index contributed by atoms with van der Waals surface area (Å²) in [5, 5.41) is 6.34. The maximum absolute atomic E-state index is 12.4. The lowest BCUT2D eigenvalue weighted by Crippen LogP contribution is -2.40. The summed E-state index contributed by atoms with van der Waals surface area (Å²) in [6, 6.07) is 5.83. The highest BCUT2D eigenvalue weighted by molar-refractivity contribution is 6.00. The van der Waals surface area contributed by atoms with E-state index in [0.29, 0.717) is 43.8 Å². The third-order valence-electron chi connectivity index (χ3n) is 5.02. The zero-order chi connectivity index (χ0) is 17.2. The van der Waals surface area contributed by atoms with Crippen molar-refractivity contribution in [3.63, 3.8) is 0 Å². The Bertz CT molecular complexity index is 672. The van der Waals surface area contributed by atoms with Crippen molar-refractivity contribution in [1.82, 2.24) is 10.6 Å². The van der Waals surface area contributed by atoms with Gasteiger partial charge in [-0.3, -0.25) is 9.59 Å². The number of hydrogen-bond acceptors (Lipinski definition) is 5. The zero-order valence-electron chi connectivity index (χ0n) is 14.1. The van der Waals surface area contributed by atoms with Gasteiger partial charge < -0.3 is 25.0 Å². The molecule has 1 aromatic carbocycles. The first kappa shape index (κ1) is 16.2. The van der Waals surface area contributed by atoms with Gasteiger partial charge in [0.1, 0.15) is 13.2 Å². The van der Waals surface area contributed by atoms with E-state index in [-0.39, 0.29) is 24.2 Å². The zero-order valence-corrected chi connectivity index (χ0v) is 14.1. The average molecular weight is 345 g/mol. The Morgan fingerprint density at radius 2 is 2.12 bits per heavy atom. The molecule has 0 spiro atoms. The minimum Gasteiger partial charge on any atom is -0.486 e. The molecule has 2 fully saturated rings. The molecular formula is C18H23N3O4. The minimum atomic E-state index is -0.304. The van der Waals surface area contributed by atoms with Crippen molar-refractivity contribution < 1.29 is 19.1 Å². The predicted molar refractivity (Wildman–Crippen MR) is 91.9 cm³/mol. The molecule has 2 N–H and O–H groups in total. The van der Waals surface area contributed by atoms with Crippen LogP contribution in [0.3, 0.4) is 0 Å². The highest BCUT2D eigenvalue weighted by Crippen LogP contribution is 2.35. The Labute approximate surface area is 146 Å². The first-order chi connectivity index (χ1) is 12.2. The molecule has 0 aliphatic carbocycles. The van der Waals surface area contributed by atoms with Gasteiger partial charge in [-0.25, -0.2) is 0 Å². The summed E-state index contributed by atoms with van der Waals surface area (Å²) in [5.41, 5.74) is 0.752. The lowest BCUT2D eigenvalue weighted by atomic mass is 10.1. The lowest BCUT2D eigenvalue weighted by molar-refractivity contribution is -0.126. The fraction of sp³-hybridized carbons (Fsp3) is 0.556. The molecule has 1 aromatic rings. The van der Waals surface area contributed by atoms with Crippen LogP contribution in [0.15, 0.2) is 18.2 Å². The lowest BCUT2D eigenvalue weighted by Gasteiger charge is -2.22. The molecule has 2 saturated heterocycles. The molecule has 3 aliphatic heterocycles. The number of carbonyl (C=O) groups is 2. The molecular weight excluding hydrogens is 322 g/mol. The molecule has 0 radical (unpaired) electrons. The van der Waals surface area contributed by atoms with Gasteiger partial charge in [0.2, 0.25) is 11.8 Å². The molecule has 134 valence electrons. The number of amides is 2. The van der Waals surface area contributed by atoms with Crippen LogP contribution >= 0.6 is 0 Å². The molecule has 2 unspecified atom stereocenters. The summed E-state index contributed by atoms with van der Waals surface area (Å²) in [6.07, 6.45) is 2.49. The summed E-state index contributed by atoms with van der Waals surface area (Å²) in [7, 11) is 0. The van der Waals surface area contributed by atoms with Crippen LogP contribution in [0.2, 0.25) is 0 Å². The van der Waals surface area contributed by atoms with Crippen LogP contribution in [0, 0.1) is 5.92 Å². The van der Waals surface area contributed by atoms with Crippen LogP contribution in [0.4, 0.5) is 5.69 Å². The molecule has 0 saturated carbocycles. The van der Waals surface area contributed by atoms with Gasteiger partial charge in [-0.15, -0.1) is 0 Å². The second-order valence-electron chi connectivity index (χ2n) is 6.77. The largest absolute Gasteiger partial charge is 0.486 e. The number of rotatable bonds is 4. The third-order valence-corrected chi connectivity index (χ3v) is 5.02. The smallest absolute Gasteiger partial charge is 0.227 e. The third kappa shape index (κ3) is 3.42. The standard InChI is InChI=1S/C18H23N3O4/c22-17-8-12(18(23)20-10-13-2-1-5-19-13)11-21(17)14-3-4-15-16(9-14)25-7-6-24-15/h3-4,9,12-13,19H,1-2,5-8,10-11H2,(H,20,23). The van der Waals surface area contributed by atoms with Gasteiger partial charge in [-0.1, -0.05) is 0 Å². The van der Waals surface area contributed by atoms with Gasteiger partial charge in [0.15, 0.2) is 11.5 Å². The Morgan fingerprint density at radius 3 is 2.92 bits per heavy atom. The first-order valence-corrected chi connectivity index (χ1v) is 8.92. The molecule has 7 heteroatoms. The molecule has 0 aromatic heterocycles. The van der Waals surface area contributed by atoms with Crippen molar-refractivity contribution in [3.8, 4) is 11.5 Å². The van der Waals surface area contributed by atoms with E-state index >= 15 is 0 Å². The maximum Gasteiger partial charge on any atom is 0.227 e. The van der Waals surface area contributed by atoms with E-state index in [1.54, 1.807) is 4.90 Å². The number of ether oxygens (including phenoxy) is 2. The van der Waals surface area contributed by atoms with Crippen molar-refractivity contribution in [1.29, 1.82) is 0 Å². The average Bonchev–Trinajstić information content (AvgIpc) is 3.29. The molecule has 2 amide bonds. The molecule has 25 heavy (non-hydrogen) atoms. The topological polar surface area (TPSA) is 79.9 Å². The van der Waals surface area contributed by atoms with Crippen LogP contribution in [-0.2, 0) is 9.59 Å². The summed E-state index contributed by atoms with van der Waals surface area (Å²) >= 11 is 0. The number of nitrogens with one attached hydrogen (secondary N) is 2. The van der Waals surface area contributed by atoms with Gasteiger partial charge in [0, 0.05) is 37.3 Å². The van der Waals surface area contributed by atoms with Crippen molar-refractivity contribution in [2.24, 2.45) is 5.92 Å². The molecule has 4 rings (SSSR count). The Morgan fingerprint density at radius 1 is 1.28 bits per heavy atom. The summed E-state index contributed by atoms with van der Waals surface area (Å²) in [6.45, 7) is 3.09. The van der Waals surface area contributed by atoms with Crippen molar-refractivity contribution in [2.75, 3.05) is 37.7 Å². The second kappa shape index (κ2) is 6.92. The highest BCUT2D eigenvalue weighted by Gasteiger charge is 2.35. The minimum absolute atomic E-state index is 0.0316. The molecule has 2 atom stereocenters. The fourth-order valence-electron chi connectivity index (χ4n) is 3.63. The van der Waals surface area contributed by atoms with E-state index in [9.17, 15) is 9.59 Å². The van der Waals surface area contributed by atoms with Crippen LogP contribution in [0.5, 0.6) is 11.5 Å². The number of nitrogens with zero attached hydrogens (tertiary/aromatic N) is 1. The Kier molecular flexibility index (Phi) is 4.48. The van der Waals surface area contributed by atoms with Crippen LogP contribution < -0.4 is 25.0 Å². The van der Waals surface area contributed by atoms with Gasteiger partial charge in [-0.05, 0) is 31.5 Å². The number of benzene rings is 1. The Hall–Kier alpha value is -2.28. The van der Waals surface area contributed by atoms with E-state index in [0.717, 1.165) is 25.1 Å². The quantitative estimate of drug-likeness (QED) is 0.839. The van der Waals surface area contributed by atoms with E-state index < -0.39 is 0 Å². The van der Waals surface area contributed by atoms with Crippen molar-refractivity contribution in [3.05, 3.63) is 18.2 Å². The van der Waals surface area contributed by atoms with E-state index in [1.807, 2.05) is 18.2 Å². The van der Waals surface area contributed by atoms with Crippen LogP contribution in [0.1, 0.15) is 19.3 Å². The molecule has 3 aliphatic rings. The summed E-state index contributed by atoms with van der Waals surface area (Å²) < 4.78 is 11.1. The SMILES string of the molecule is O=C(NCC1CCCN1)C1CC(=O)N(c2ccc3c(c2)OCCO3)C1.